The minimum atomic E-state index is 0.839. The summed E-state index contributed by atoms with van der Waals surface area (Å²) in [7, 11) is 0. The fraction of sp³-hybridized carbons (Fsp3) is 0. The maximum absolute atomic E-state index is 4.56. The average molecular weight is 530 g/mol. The molecule has 5 heteroatoms. The van der Waals surface area contributed by atoms with Gasteiger partial charge in [0.1, 0.15) is 0 Å². The summed E-state index contributed by atoms with van der Waals surface area (Å²) in [6, 6.07) is 43.5. The Hall–Kier alpha value is -5.68. The zero-order valence-corrected chi connectivity index (χ0v) is 22.3. The lowest BCUT2D eigenvalue weighted by atomic mass is 10.1. The summed E-state index contributed by atoms with van der Waals surface area (Å²) in [4.78, 5) is 0. The maximum Gasteiger partial charge on any atom is 0.168 e. The van der Waals surface area contributed by atoms with Crippen LogP contribution in [0.1, 0.15) is 5.56 Å². The molecule has 196 valence electrons. The van der Waals surface area contributed by atoms with Crippen molar-refractivity contribution >= 4 is 22.5 Å². The van der Waals surface area contributed by atoms with Crippen LogP contribution in [0.15, 0.2) is 158 Å². The van der Waals surface area contributed by atoms with Crippen molar-refractivity contribution in [3.8, 4) is 28.5 Å². The van der Waals surface area contributed by atoms with Crippen molar-refractivity contribution in [2.75, 3.05) is 5.01 Å². The minimum absolute atomic E-state index is 0.839. The van der Waals surface area contributed by atoms with Gasteiger partial charge in [0.2, 0.25) is 0 Å². The van der Waals surface area contributed by atoms with Crippen LogP contribution < -0.4 is 5.01 Å². The largest absolute Gasteiger partial charge is 0.274 e. The molecule has 41 heavy (non-hydrogen) atoms. The molecule has 0 bridgehead atoms. The van der Waals surface area contributed by atoms with E-state index in [4.69, 9.17) is 0 Å². The summed E-state index contributed by atoms with van der Waals surface area (Å²) in [6.45, 7) is 0. The van der Waals surface area contributed by atoms with E-state index < -0.39 is 0 Å². The van der Waals surface area contributed by atoms with Crippen LogP contribution in [0.5, 0.6) is 0 Å². The number of hydrogen-bond donors (Lipinski definition) is 0. The molecule has 0 radical (unpaired) electrons. The average Bonchev–Trinajstić information content (AvgIpc) is 3.51. The maximum atomic E-state index is 4.56. The van der Waals surface area contributed by atoms with Gasteiger partial charge in [0.05, 0.1) is 11.4 Å². The molecule has 0 aliphatic carbocycles. The fourth-order valence-electron chi connectivity index (χ4n) is 5.20. The number of benzene rings is 5. The number of rotatable bonds is 3. The molecule has 0 amide bonds. The van der Waals surface area contributed by atoms with E-state index in [1.165, 1.54) is 22.0 Å². The third kappa shape index (κ3) is 4.70. The van der Waals surface area contributed by atoms with E-state index in [1.54, 1.807) is 0 Å². The lowest BCUT2D eigenvalue weighted by Gasteiger charge is -2.35. The number of fused-ring (bicyclic) bond motifs is 4. The minimum Gasteiger partial charge on any atom is -0.274 e. The summed E-state index contributed by atoms with van der Waals surface area (Å²) in [5.41, 5.74) is 5.63. The van der Waals surface area contributed by atoms with Crippen molar-refractivity contribution in [3.05, 3.63) is 164 Å². The second-order valence-electron chi connectivity index (χ2n) is 9.70. The molecule has 5 nitrogen and oxygen atoms in total. The Morgan fingerprint density at radius 1 is 0.463 bits per heavy atom. The van der Waals surface area contributed by atoms with Crippen molar-refractivity contribution in [1.82, 2.24) is 19.8 Å². The van der Waals surface area contributed by atoms with Crippen LogP contribution in [0.2, 0.25) is 0 Å². The van der Waals surface area contributed by atoms with E-state index in [0.29, 0.717) is 0 Å². The summed E-state index contributed by atoms with van der Waals surface area (Å²) >= 11 is 0. The number of hydrogen-bond acceptors (Lipinski definition) is 4. The number of para-hydroxylation sites is 1. The monoisotopic (exact) mass is 529 g/mol. The van der Waals surface area contributed by atoms with E-state index in [0.717, 1.165) is 28.5 Å². The highest BCUT2D eigenvalue weighted by Gasteiger charge is 2.19. The van der Waals surface area contributed by atoms with Crippen LogP contribution in [0.25, 0.3) is 45.3 Å². The highest BCUT2D eigenvalue weighted by atomic mass is 15.6. The zero-order valence-electron chi connectivity index (χ0n) is 22.3. The first-order chi connectivity index (χ1) is 20.4. The van der Waals surface area contributed by atoms with Gasteiger partial charge in [-0.25, -0.2) is 0 Å². The van der Waals surface area contributed by atoms with Crippen LogP contribution in [-0.4, -0.2) is 19.8 Å². The smallest absolute Gasteiger partial charge is 0.168 e. The molecule has 0 saturated carbocycles. The van der Waals surface area contributed by atoms with Crippen LogP contribution in [0, 0.1) is 0 Å². The van der Waals surface area contributed by atoms with Gasteiger partial charge in [-0.3, -0.25) is 14.6 Å². The second-order valence-corrected chi connectivity index (χ2v) is 9.70. The Labute approximate surface area is 239 Å². The van der Waals surface area contributed by atoms with Gasteiger partial charge in [0.25, 0.3) is 0 Å². The Balaban J connectivity index is 0.000000165. The number of anilines is 1. The molecule has 0 spiro atoms. The molecule has 6 aromatic rings. The van der Waals surface area contributed by atoms with Crippen LogP contribution >= 0.6 is 0 Å². The van der Waals surface area contributed by atoms with Gasteiger partial charge in [-0.2, -0.15) is 0 Å². The lowest BCUT2D eigenvalue weighted by molar-refractivity contribution is 0.505. The highest BCUT2D eigenvalue weighted by Crippen LogP contribution is 2.32. The van der Waals surface area contributed by atoms with E-state index in [-0.39, 0.29) is 0 Å². The standard InChI is InChI=1S/C24H17N3.C12H10N2/c1-3-11-19(12-4-1)23-25-26-24(20-13-5-2-6-14-20)27(23)22-17-9-15-18-10-7-8-16-21(18)22;1-2-6-12-11(5-1)7-10-13-8-3-4-9-14(12)13/h1-17H;1-10H. The molecule has 5 aromatic carbocycles. The molecule has 0 N–H and O–H groups in total. The molecule has 2 aliphatic rings. The third-order valence-corrected chi connectivity index (χ3v) is 7.15. The van der Waals surface area contributed by atoms with Gasteiger partial charge < -0.3 is 0 Å². The summed E-state index contributed by atoms with van der Waals surface area (Å²) in [6.07, 6.45) is 12.3. The first-order valence-corrected chi connectivity index (χ1v) is 13.6. The molecule has 8 rings (SSSR count). The Bertz CT molecular complexity index is 1840. The van der Waals surface area contributed by atoms with Gasteiger partial charge in [-0.15, -0.1) is 10.2 Å². The molecule has 2 aliphatic heterocycles. The quantitative estimate of drug-likeness (QED) is 0.230. The Morgan fingerprint density at radius 2 is 1.05 bits per heavy atom. The summed E-state index contributed by atoms with van der Waals surface area (Å²) in [5, 5.41) is 15.7. The second kappa shape index (κ2) is 10.8. The predicted octanol–water partition coefficient (Wildman–Crippen LogP) is 8.49. The van der Waals surface area contributed by atoms with Gasteiger partial charge in [-0.1, -0.05) is 115 Å². The molecule has 0 unspecified atom stereocenters. The normalized spacial score (nSPS) is 13.0. The molecule has 0 fully saturated rings. The van der Waals surface area contributed by atoms with Crippen LogP contribution in [0.4, 0.5) is 5.69 Å². The van der Waals surface area contributed by atoms with Gasteiger partial charge in [0.15, 0.2) is 11.6 Å². The molecule has 0 atom stereocenters. The lowest BCUT2D eigenvalue weighted by Crippen LogP contribution is -2.33. The summed E-state index contributed by atoms with van der Waals surface area (Å²) < 4.78 is 2.16. The number of hydrazine groups is 1. The van der Waals surface area contributed by atoms with Crippen molar-refractivity contribution < 1.29 is 0 Å². The Morgan fingerprint density at radius 3 is 1.80 bits per heavy atom. The van der Waals surface area contributed by atoms with Gasteiger partial charge >= 0.3 is 0 Å². The van der Waals surface area contributed by atoms with E-state index >= 15 is 0 Å². The highest BCUT2D eigenvalue weighted by molar-refractivity contribution is 5.91. The molecular weight excluding hydrogens is 502 g/mol. The van der Waals surface area contributed by atoms with Crippen molar-refractivity contribution in [2.24, 2.45) is 0 Å². The fourth-order valence-corrected chi connectivity index (χ4v) is 5.20. The number of allylic oxidation sites excluding steroid dienone is 2. The first-order valence-electron chi connectivity index (χ1n) is 13.6. The predicted molar refractivity (Wildman–Crippen MR) is 168 cm³/mol. The number of aromatic nitrogens is 3. The van der Waals surface area contributed by atoms with Gasteiger partial charge in [0, 0.05) is 40.7 Å². The van der Waals surface area contributed by atoms with Crippen LogP contribution in [0.3, 0.4) is 0 Å². The van der Waals surface area contributed by atoms with Crippen molar-refractivity contribution in [1.29, 1.82) is 0 Å². The van der Waals surface area contributed by atoms with Gasteiger partial charge in [-0.05, 0) is 35.7 Å². The zero-order chi connectivity index (χ0) is 27.4. The first kappa shape index (κ1) is 24.4. The molecule has 3 heterocycles. The van der Waals surface area contributed by atoms with E-state index in [9.17, 15) is 0 Å². The Kier molecular flexibility index (Phi) is 6.44. The number of nitrogens with zero attached hydrogens (tertiary/aromatic N) is 5. The molecular formula is C36H27N5. The SMILES string of the molecule is C1=CN2C=Cc3ccccc3N2C=C1.c1ccc(-c2nnc(-c3ccccc3)n2-c2cccc3ccccc23)cc1. The topological polar surface area (TPSA) is 37.2 Å². The molecule has 0 saturated heterocycles. The van der Waals surface area contributed by atoms with Crippen molar-refractivity contribution in [2.45, 2.75) is 0 Å². The molecule has 1 aromatic heterocycles. The van der Waals surface area contributed by atoms with E-state index in [2.05, 4.69) is 134 Å². The van der Waals surface area contributed by atoms with E-state index in [1.807, 2.05) is 54.8 Å². The van der Waals surface area contributed by atoms with Crippen molar-refractivity contribution in [3.63, 3.8) is 0 Å². The third-order valence-electron chi connectivity index (χ3n) is 7.15. The van der Waals surface area contributed by atoms with Crippen LogP contribution in [-0.2, 0) is 0 Å². The summed E-state index contributed by atoms with van der Waals surface area (Å²) in [5.74, 6) is 1.68.